The van der Waals surface area contributed by atoms with Gasteiger partial charge in [0.15, 0.2) is 11.6 Å². The Morgan fingerprint density at radius 2 is 1.76 bits per heavy atom. The molecule has 17 heavy (non-hydrogen) atoms. The number of hydrogen-bond acceptors (Lipinski definition) is 1. The fourth-order valence-corrected chi connectivity index (χ4v) is 1.75. The van der Waals surface area contributed by atoms with E-state index in [-0.39, 0.29) is 12.4 Å². The molecule has 0 atom stereocenters. The minimum absolute atomic E-state index is 0.175. The first-order valence-electron chi connectivity index (χ1n) is 4.97. The van der Waals surface area contributed by atoms with Crippen LogP contribution in [0.4, 0.5) is 4.39 Å². The molecule has 0 amide bonds. The molecule has 0 aliphatic carbocycles. The highest BCUT2D eigenvalue weighted by Crippen LogP contribution is 2.22. The van der Waals surface area contributed by atoms with Crippen molar-refractivity contribution < 1.29 is 9.13 Å². The summed E-state index contributed by atoms with van der Waals surface area (Å²) in [5.74, 6) is -0.297. The Morgan fingerprint density at radius 1 is 1.00 bits per heavy atom. The van der Waals surface area contributed by atoms with Gasteiger partial charge >= 0.3 is 0 Å². The molecule has 0 unspecified atom stereocenters. The van der Waals surface area contributed by atoms with Crippen LogP contribution in [-0.2, 0) is 6.61 Å². The Bertz CT molecular complexity index is 529. The van der Waals surface area contributed by atoms with E-state index in [2.05, 4.69) is 0 Å². The lowest BCUT2D eigenvalue weighted by atomic mass is 10.2. The monoisotopic (exact) mass is 270 g/mol. The summed E-state index contributed by atoms with van der Waals surface area (Å²) in [6.07, 6.45) is 0. The van der Waals surface area contributed by atoms with Crippen LogP contribution in [-0.4, -0.2) is 0 Å². The molecular weight excluding hydrogens is 262 g/mol. The molecule has 0 radical (unpaired) electrons. The summed E-state index contributed by atoms with van der Waals surface area (Å²) in [5.41, 5.74) is 0.881. The maximum atomic E-state index is 13.4. The molecule has 2 aromatic carbocycles. The highest BCUT2D eigenvalue weighted by molar-refractivity contribution is 6.30. The van der Waals surface area contributed by atoms with Gasteiger partial charge in [-0.1, -0.05) is 35.3 Å². The van der Waals surface area contributed by atoms with Gasteiger partial charge in [0.05, 0.1) is 0 Å². The van der Waals surface area contributed by atoms with E-state index in [1.54, 1.807) is 18.2 Å². The maximum absolute atomic E-state index is 13.4. The predicted octanol–water partition coefficient (Wildman–Crippen LogP) is 4.71. The van der Waals surface area contributed by atoms with E-state index >= 15 is 0 Å². The van der Waals surface area contributed by atoms with Gasteiger partial charge in [0.1, 0.15) is 6.61 Å². The van der Waals surface area contributed by atoms with Crippen molar-refractivity contribution in [3.8, 4) is 5.75 Å². The van der Waals surface area contributed by atoms with Crippen molar-refractivity contribution in [2.75, 3.05) is 0 Å². The summed E-state index contributed by atoms with van der Waals surface area (Å²) < 4.78 is 18.7. The highest BCUT2D eigenvalue weighted by atomic mass is 35.5. The summed E-state index contributed by atoms with van der Waals surface area (Å²) in [7, 11) is 0. The van der Waals surface area contributed by atoms with Crippen LogP contribution in [0.15, 0.2) is 42.5 Å². The Morgan fingerprint density at radius 3 is 2.47 bits per heavy atom. The zero-order valence-electron chi connectivity index (χ0n) is 8.79. The van der Waals surface area contributed by atoms with E-state index in [0.29, 0.717) is 10.0 Å². The second kappa shape index (κ2) is 5.39. The second-order valence-corrected chi connectivity index (χ2v) is 4.37. The smallest absolute Gasteiger partial charge is 0.166 e. The van der Waals surface area contributed by atoms with E-state index in [1.807, 2.05) is 12.1 Å². The van der Waals surface area contributed by atoms with Crippen LogP contribution in [0.5, 0.6) is 5.75 Å². The lowest BCUT2D eigenvalue weighted by molar-refractivity contribution is 0.290. The second-order valence-electron chi connectivity index (χ2n) is 3.49. The van der Waals surface area contributed by atoms with Crippen molar-refractivity contribution >= 4 is 23.2 Å². The summed E-state index contributed by atoms with van der Waals surface area (Å²) in [6, 6.07) is 11.5. The van der Waals surface area contributed by atoms with Crippen LogP contribution in [0.2, 0.25) is 10.0 Å². The third kappa shape index (κ3) is 3.35. The summed E-state index contributed by atoms with van der Waals surface area (Å²) in [5, 5.41) is 0.972. The fourth-order valence-electron chi connectivity index (χ4n) is 1.38. The molecule has 0 bridgehead atoms. The molecule has 0 aromatic heterocycles. The Balaban J connectivity index is 2.07. The van der Waals surface area contributed by atoms with Gasteiger partial charge in [-0.25, -0.2) is 4.39 Å². The molecule has 1 nitrogen and oxygen atoms in total. The Kier molecular flexibility index (Phi) is 3.87. The first-order chi connectivity index (χ1) is 8.15. The molecule has 4 heteroatoms. The lowest BCUT2D eigenvalue weighted by Crippen LogP contribution is -1.97. The first-order valence-corrected chi connectivity index (χ1v) is 5.73. The third-order valence-electron chi connectivity index (χ3n) is 2.18. The van der Waals surface area contributed by atoms with Crippen molar-refractivity contribution in [3.63, 3.8) is 0 Å². The van der Waals surface area contributed by atoms with E-state index in [1.165, 1.54) is 12.1 Å². The molecule has 0 spiro atoms. The number of hydrogen-bond donors (Lipinski definition) is 0. The minimum atomic E-state index is -0.473. The van der Waals surface area contributed by atoms with Gasteiger partial charge in [-0.05, 0) is 35.9 Å². The standard InChI is InChI=1S/C13H9Cl2FO/c14-10-3-1-2-9(6-10)8-17-13-5-4-11(15)7-12(13)16/h1-7H,8H2. The van der Waals surface area contributed by atoms with Gasteiger partial charge in [-0.2, -0.15) is 0 Å². The predicted molar refractivity (Wildman–Crippen MR) is 67.2 cm³/mol. The van der Waals surface area contributed by atoms with Crippen LogP contribution in [0.3, 0.4) is 0 Å². The van der Waals surface area contributed by atoms with Gasteiger partial charge in [0.2, 0.25) is 0 Å². The zero-order chi connectivity index (χ0) is 12.3. The number of halogens is 3. The number of rotatable bonds is 3. The van der Waals surface area contributed by atoms with Crippen LogP contribution in [0, 0.1) is 5.82 Å². The molecule has 0 saturated carbocycles. The van der Waals surface area contributed by atoms with Gasteiger partial charge in [-0.3, -0.25) is 0 Å². The molecule has 0 aliphatic rings. The average molecular weight is 271 g/mol. The largest absolute Gasteiger partial charge is 0.486 e. The molecular formula is C13H9Cl2FO. The Labute approximate surface area is 109 Å². The lowest BCUT2D eigenvalue weighted by Gasteiger charge is -2.07. The normalized spacial score (nSPS) is 10.3. The van der Waals surface area contributed by atoms with E-state index in [9.17, 15) is 4.39 Å². The summed E-state index contributed by atoms with van der Waals surface area (Å²) >= 11 is 11.5. The van der Waals surface area contributed by atoms with E-state index in [0.717, 1.165) is 5.56 Å². The van der Waals surface area contributed by atoms with Crippen LogP contribution < -0.4 is 4.74 Å². The SMILES string of the molecule is Fc1cc(Cl)ccc1OCc1cccc(Cl)c1. The summed E-state index contributed by atoms with van der Waals surface area (Å²) in [6.45, 7) is 0.263. The molecule has 2 rings (SSSR count). The van der Waals surface area contributed by atoms with E-state index < -0.39 is 5.82 Å². The highest BCUT2D eigenvalue weighted by Gasteiger charge is 2.04. The minimum Gasteiger partial charge on any atom is -0.486 e. The summed E-state index contributed by atoms with van der Waals surface area (Å²) in [4.78, 5) is 0. The molecule has 0 heterocycles. The number of ether oxygens (including phenoxy) is 1. The molecule has 88 valence electrons. The molecule has 0 aliphatic heterocycles. The third-order valence-corrected chi connectivity index (χ3v) is 2.65. The quantitative estimate of drug-likeness (QED) is 0.785. The van der Waals surface area contributed by atoms with Gasteiger partial charge in [0, 0.05) is 10.0 Å². The fraction of sp³-hybridized carbons (Fsp3) is 0.0769. The number of benzene rings is 2. The average Bonchev–Trinajstić information content (AvgIpc) is 2.28. The van der Waals surface area contributed by atoms with Crippen LogP contribution >= 0.6 is 23.2 Å². The molecule has 2 aromatic rings. The van der Waals surface area contributed by atoms with Crippen molar-refractivity contribution in [3.05, 3.63) is 63.9 Å². The van der Waals surface area contributed by atoms with Gasteiger partial charge in [0.25, 0.3) is 0 Å². The first kappa shape index (κ1) is 12.2. The zero-order valence-corrected chi connectivity index (χ0v) is 10.3. The van der Waals surface area contributed by atoms with Crippen LogP contribution in [0.25, 0.3) is 0 Å². The van der Waals surface area contributed by atoms with Crippen LogP contribution in [0.1, 0.15) is 5.56 Å². The van der Waals surface area contributed by atoms with Crippen molar-refractivity contribution in [1.29, 1.82) is 0 Å². The van der Waals surface area contributed by atoms with Crippen molar-refractivity contribution in [2.45, 2.75) is 6.61 Å². The topological polar surface area (TPSA) is 9.23 Å². The molecule has 0 fully saturated rings. The molecule has 0 saturated heterocycles. The van der Waals surface area contributed by atoms with Crippen molar-refractivity contribution in [1.82, 2.24) is 0 Å². The van der Waals surface area contributed by atoms with Gasteiger partial charge in [-0.15, -0.1) is 0 Å². The van der Waals surface area contributed by atoms with Crippen molar-refractivity contribution in [2.24, 2.45) is 0 Å². The molecule has 0 N–H and O–H groups in total. The van der Waals surface area contributed by atoms with E-state index in [4.69, 9.17) is 27.9 Å². The maximum Gasteiger partial charge on any atom is 0.166 e. The van der Waals surface area contributed by atoms with Gasteiger partial charge < -0.3 is 4.74 Å². The Hall–Kier alpha value is -1.25.